The van der Waals surface area contributed by atoms with Crippen molar-refractivity contribution in [3.8, 4) is 0 Å². The van der Waals surface area contributed by atoms with Gasteiger partial charge in [0.1, 0.15) is 0 Å². The van der Waals surface area contributed by atoms with Crippen LogP contribution in [-0.2, 0) is 0 Å². The van der Waals surface area contributed by atoms with E-state index in [1.165, 1.54) is 11.1 Å². The number of aliphatic imine (C=N–C) groups is 1. The molecular weight excluding hydrogens is 160 g/mol. The van der Waals surface area contributed by atoms with Crippen molar-refractivity contribution in [2.75, 3.05) is 7.05 Å². The van der Waals surface area contributed by atoms with Gasteiger partial charge in [-0.2, -0.15) is 0 Å². The molecule has 0 unspecified atom stereocenters. The highest BCUT2D eigenvalue weighted by atomic mass is 14.8. The number of allylic oxidation sites excluding steroid dienone is 4. The first-order valence-electron chi connectivity index (χ1n) is 4.43. The van der Waals surface area contributed by atoms with Crippen molar-refractivity contribution in [3.05, 3.63) is 34.7 Å². The van der Waals surface area contributed by atoms with E-state index in [4.69, 9.17) is 0 Å². The van der Waals surface area contributed by atoms with E-state index in [1.54, 1.807) is 0 Å². The van der Waals surface area contributed by atoms with Crippen LogP contribution in [0.2, 0.25) is 0 Å². The third-order valence-corrected chi connectivity index (χ3v) is 2.03. The maximum absolute atomic E-state index is 4.26. The minimum absolute atomic E-state index is 1.05. The van der Waals surface area contributed by atoms with Crippen LogP contribution in [0.3, 0.4) is 0 Å². The van der Waals surface area contributed by atoms with Crippen LogP contribution in [0.15, 0.2) is 39.7 Å². The Morgan fingerprint density at radius 2 is 2.15 bits per heavy atom. The molecule has 0 aliphatic carbocycles. The quantitative estimate of drug-likeness (QED) is 0.686. The fraction of sp³-hybridized carbons (Fsp3) is 0.364. The van der Waals surface area contributed by atoms with Crippen molar-refractivity contribution in [3.63, 3.8) is 0 Å². The summed E-state index contributed by atoms with van der Waals surface area (Å²) in [5.74, 6) is 0. The van der Waals surface area contributed by atoms with E-state index in [2.05, 4.69) is 37.2 Å². The molecule has 1 N–H and O–H groups in total. The molecule has 1 heterocycles. The van der Waals surface area contributed by atoms with Crippen LogP contribution in [0.1, 0.15) is 20.8 Å². The molecule has 70 valence electrons. The molecule has 0 amide bonds. The number of hydrogen-bond donors (Lipinski definition) is 1. The van der Waals surface area contributed by atoms with Gasteiger partial charge in [0.2, 0.25) is 0 Å². The van der Waals surface area contributed by atoms with Gasteiger partial charge in [0, 0.05) is 19.0 Å². The monoisotopic (exact) mass is 176 g/mol. The summed E-state index contributed by atoms with van der Waals surface area (Å²) >= 11 is 0. The first-order valence-corrected chi connectivity index (χ1v) is 4.43. The zero-order valence-electron chi connectivity index (χ0n) is 8.68. The Kier molecular flexibility index (Phi) is 3.07. The number of nitrogens with one attached hydrogen (secondary N) is 1. The summed E-state index contributed by atoms with van der Waals surface area (Å²) in [7, 11) is 1.93. The minimum Gasteiger partial charge on any atom is -0.388 e. The van der Waals surface area contributed by atoms with Crippen LogP contribution in [-0.4, -0.2) is 13.3 Å². The van der Waals surface area contributed by atoms with Crippen LogP contribution in [0.4, 0.5) is 0 Å². The first-order chi connectivity index (χ1) is 6.15. The molecule has 0 radical (unpaired) electrons. The predicted molar refractivity (Wildman–Crippen MR) is 57.8 cm³/mol. The summed E-state index contributed by atoms with van der Waals surface area (Å²) in [6.45, 7) is 6.23. The maximum atomic E-state index is 4.26. The highest BCUT2D eigenvalue weighted by Gasteiger charge is 2.03. The lowest BCUT2D eigenvalue weighted by atomic mass is 10.1. The zero-order chi connectivity index (χ0) is 9.84. The summed E-state index contributed by atoms with van der Waals surface area (Å²) in [6.07, 6.45) is 5.92. The van der Waals surface area contributed by atoms with Crippen molar-refractivity contribution >= 4 is 6.21 Å². The van der Waals surface area contributed by atoms with Gasteiger partial charge in [-0.05, 0) is 38.5 Å². The first kappa shape index (κ1) is 9.78. The highest BCUT2D eigenvalue weighted by molar-refractivity contribution is 5.79. The van der Waals surface area contributed by atoms with Crippen molar-refractivity contribution in [1.82, 2.24) is 5.32 Å². The van der Waals surface area contributed by atoms with Gasteiger partial charge < -0.3 is 5.32 Å². The molecule has 0 spiro atoms. The smallest absolute Gasteiger partial charge is 0.0679 e. The molecule has 0 bridgehead atoms. The highest BCUT2D eigenvalue weighted by Crippen LogP contribution is 2.17. The van der Waals surface area contributed by atoms with Crippen LogP contribution >= 0.6 is 0 Å². The Bertz CT molecular complexity index is 313. The molecule has 0 aromatic heterocycles. The molecule has 0 saturated heterocycles. The lowest BCUT2D eigenvalue weighted by Gasteiger charge is -2.05. The maximum Gasteiger partial charge on any atom is 0.0679 e. The van der Waals surface area contributed by atoms with Gasteiger partial charge in [-0.15, -0.1) is 0 Å². The summed E-state index contributed by atoms with van der Waals surface area (Å²) in [4.78, 5) is 4.26. The Hall–Kier alpha value is -1.31. The van der Waals surface area contributed by atoms with Crippen LogP contribution in [0.5, 0.6) is 0 Å². The van der Waals surface area contributed by atoms with E-state index >= 15 is 0 Å². The molecular formula is C11H16N2. The van der Waals surface area contributed by atoms with Crippen LogP contribution < -0.4 is 5.32 Å². The fourth-order valence-corrected chi connectivity index (χ4v) is 1.17. The lowest BCUT2D eigenvalue weighted by Crippen LogP contribution is -2.05. The molecule has 1 aliphatic heterocycles. The van der Waals surface area contributed by atoms with E-state index in [9.17, 15) is 0 Å². The van der Waals surface area contributed by atoms with Gasteiger partial charge in [0.05, 0.1) is 5.70 Å². The third-order valence-electron chi connectivity index (χ3n) is 2.03. The Balaban J connectivity index is 2.94. The molecule has 0 saturated carbocycles. The van der Waals surface area contributed by atoms with Crippen molar-refractivity contribution < 1.29 is 0 Å². The summed E-state index contributed by atoms with van der Waals surface area (Å²) < 4.78 is 0. The van der Waals surface area contributed by atoms with Crippen molar-refractivity contribution in [1.29, 1.82) is 0 Å². The second kappa shape index (κ2) is 4.08. The van der Waals surface area contributed by atoms with Gasteiger partial charge in [0.25, 0.3) is 0 Å². The minimum atomic E-state index is 1.05. The largest absolute Gasteiger partial charge is 0.388 e. The van der Waals surface area contributed by atoms with Gasteiger partial charge in [-0.3, -0.25) is 4.99 Å². The molecule has 2 heteroatoms. The van der Waals surface area contributed by atoms with Gasteiger partial charge in [-0.1, -0.05) is 5.57 Å². The Morgan fingerprint density at radius 1 is 1.46 bits per heavy atom. The molecule has 2 nitrogen and oxygen atoms in total. The zero-order valence-corrected chi connectivity index (χ0v) is 8.68. The summed E-state index contributed by atoms with van der Waals surface area (Å²) in [5.41, 5.74) is 4.67. The number of hydrogen-bond acceptors (Lipinski definition) is 2. The normalized spacial score (nSPS) is 17.5. The molecule has 1 aliphatic rings. The summed E-state index contributed by atoms with van der Waals surface area (Å²) in [5, 5.41) is 3.15. The van der Waals surface area contributed by atoms with Crippen molar-refractivity contribution in [2.45, 2.75) is 20.8 Å². The molecule has 0 atom stereocenters. The van der Waals surface area contributed by atoms with Crippen LogP contribution in [0.25, 0.3) is 0 Å². The lowest BCUT2D eigenvalue weighted by molar-refractivity contribution is 0.992. The van der Waals surface area contributed by atoms with E-state index in [1.807, 2.05) is 19.3 Å². The number of rotatable bonds is 2. The molecule has 1 rings (SSSR count). The summed E-state index contributed by atoms with van der Waals surface area (Å²) in [6, 6.07) is 0. The Labute approximate surface area is 79.8 Å². The van der Waals surface area contributed by atoms with Crippen molar-refractivity contribution in [2.24, 2.45) is 4.99 Å². The van der Waals surface area contributed by atoms with Gasteiger partial charge >= 0.3 is 0 Å². The second-order valence-electron chi connectivity index (χ2n) is 3.32. The standard InChI is InChI=1S/C11H16N2/c1-8(2)10(12-4)7-11-9(3)5-6-13-11/h5-7,12H,1-4H3/b11-7-. The molecule has 13 heavy (non-hydrogen) atoms. The van der Waals surface area contributed by atoms with E-state index in [0.29, 0.717) is 0 Å². The number of likely N-dealkylation sites (N-methyl/N-ethyl adjacent to an activating group) is 1. The topological polar surface area (TPSA) is 24.4 Å². The fourth-order valence-electron chi connectivity index (χ4n) is 1.17. The van der Waals surface area contributed by atoms with E-state index < -0.39 is 0 Å². The molecule has 0 aromatic rings. The molecule has 0 aromatic carbocycles. The SMILES string of the molecule is CNC(/C=C1\N=CC=C1C)=C(C)C. The third kappa shape index (κ3) is 2.31. The average molecular weight is 176 g/mol. The van der Waals surface area contributed by atoms with Gasteiger partial charge in [0.15, 0.2) is 0 Å². The molecule has 0 fully saturated rings. The second-order valence-corrected chi connectivity index (χ2v) is 3.32. The van der Waals surface area contributed by atoms with E-state index in [0.717, 1.165) is 11.4 Å². The van der Waals surface area contributed by atoms with E-state index in [-0.39, 0.29) is 0 Å². The number of nitrogens with zero attached hydrogens (tertiary/aromatic N) is 1. The Morgan fingerprint density at radius 3 is 2.54 bits per heavy atom. The predicted octanol–water partition coefficient (Wildman–Crippen LogP) is 2.41. The van der Waals surface area contributed by atoms with Crippen LogP contribution in [0, 0.1) is 0 Å². The van der Waals surface area contributed by atoms with Gasteiger partial charge in [-0.25, -0.2) is 0 Å². The average Bonchev–Trinajstić information content (AvgIpc) is 2.46.